The van der Waals surface area contributed by atoms with E-state index in [1.54, 1.807) is 0 Å². The minimum absolute atomic E-state index is 0.125. The Morgan fingerprint density at radius 2 is 1.37 bits per heavy atom. The SMILES string of the molecule is Cc1cccc(C)c1-c1cc(COc2ccc(CCC(=O)O)cc2)ccc1OCc1ccccc1. The number of hydrogen-bond acceptors (Lipinski definition) is 3. The largest absolute Gasteiger partial charge is 0.489 e. The van der Waals surface area contributed by atoms with Crippen molar-refractivity contribution in [2.24, 2.45) is 0 Å². The van der Waals surface area contributed by atoms with Gasteiger partial charge in [0.25, 0.3) is 0 Å². The molecule has 0 saturated carbocycles. The number of rotatable bonds is 10. The summed E-state index contributed by atoms with van der Waals surface area (Å²) in [6.45, 7) is 5.17. The maximum absolute atomic E-state index is 10.8. The summed E-state index contributed by atoms with van der Waals surface area (Å²) in [7, 11) is 0. The average molecular weight is 467 g/mol. The topological polar surface area (TPSA) is 55.8 Å². The summed E-state index contributed by atoms with van der Waals surface area (Å²) in [4.78, 5) is 10.8. The first kappa shape index (κ1) is 24.1. The molecule has 178 valence electrons. The lowest BCUT2D eigenvalue weighted by Crippen LogP contribution is -2.01. The van der Waals surface area contributed by atoms with Gasteiger partial charge in [-0.05, 0) is 77.9 Å². The second kappa shape index (κ2) is 11.4. The van der Waals surface area contributed by atoms with E-state index in [4.69, 9.17) is 14.6 Å². The van der Waals surface area contributed by atoms with Crippen LogP contribution in [-0.4, -0.2) is 11.1 Å². The summed E-state index contributed by atoms with van der Waals surface area (Å²) in [5, 5.41) is 8.86. The third kappa shape index (κ3) is 6.51. The maximum Gasteiger partial charge on any atom is 0.303 e. The Labute approximate surface area is 206 Å². The molecule has 0 bridgehead atoms. The summed E-state index contributed by atoms with van der Waals surface area (Å²) in [5.74, 6) is 0.807. The number of benzene rings is 4. The number of ether oxygens (including phenoxy) is 2. The van der Waals surface area contributed by atoms with Gasteiger partial charge in [0.05, 0.1) is 0 Å². The molecule has 4 nitrogen and oxygen atoms in total. The molecule has 0 aliphatic rings. The van der Waals surface area contributed by atoms with E-state index in [-0.39, 0.29) is 6.42 Å². The molecule has 0 aliphatic heterocycles. The highest BCUT2D eigenvalue weighted by molar-refractivity contribution is 5.76. The van der Waals surface area contributed by atoms with E-state index in [9.17, 15) is 4.79 Å². The lowest BCUT2D eigenvalue weighted by atomic mass is 9.94. The fourth-order valence-corrected chi connectivity index (χ4v) is 4.13. The Morgan fingerprint density at radius 1 is 0.714 bits per heavy atom. The molecular weight excluding hydrogens is 436 g/mol. The molecule has 0 unspecified atom stereocenters. The van der Waals surface area contributed by atoms with Crippen molar-refractivity contribution < 1.29 is 19.4 Å². The van der Waals surface area contributed by atoms with Crippen LogP contribution in [-0.2, 0) is 24.4 Å². The third-order valence-electron chi connectivity index (χ3n) is 5.99. The van der Waals surface area contributed by atoms with E-state index in [2.05, 4.69) is 50.2 Å². The van der Waals surface area contributed by atoms with Crippen molar-refractivity contribution in [2.75, 3.05) is 0 Å². The Bertz CT molecular complexity index is 1260. The van der Waals surface area contributed by atoms with E-state index in [1.807, 2.05) is 54.6 Å². The van der Waals surface area contributed by atoms with E-state index >= 15 is 0 Å². The Morgan fingerprint density at radius 3 is 2.06 bits per heavy atom. The molecule has 35 heavy (non-hydrogen) atoms. The van der Waals surface area contributed by atoms with Gasteiger partial charge >= 0.3 is 5.97 Å². The Kier molecular flexibility index (Phi) is 7.84. The van der Waals surface area contributed by atoms with E-state index in [1.165, 1.54) is 16.7 Å². The first-order valence-corrected chi connectivity index (χ1v) is 11.8. The fourth-order valence-electron chi connectivity index (χ4n) is 4.13. The number of carboxylic acids is 1. The highest BCUT2D eigenvalue weighted by atomic mass is 16.5. The van der Waals surface area contributed by atoms with Crippen LogP contribution in [0.3, 0.4) is 0 Å². The maximum atomic E-state index is 10.8. The molecule has 0 heterocycles. The predicted octanol–water partition coefficient (Wildman–Crippen LogP) is 7.15. The number of hydrogen-bond donors (Lipinski definition) is 1. The van der Waals surface area contributed by atoms with Crippen LogP contribution >= 0.6 is 0 Å². The molecule has 0 amide bonds. The molecule has 0 radical (unpaired) electrons. The third-order valence-corrected chi connectivity index (χ3v) is 5.99. The minimum atomic E-state index is -0.791. The number of aliphatic carboxylic acids is 1. The molecule has 1 N–H and O–H groups in total. The van der Waals surface area contributed by atoms with Crippen molar-refractivity contribution in [1.82, 2.24) is 0 Å². The lowest BCUT2D eigenvalue weighted by Gasteiger charge is -2.17. The second-order valence-corrected chi connectivity index (χ2v) is 8.70. The molecule has 4 aromatic carbocycles. The summed E-state index contributed by atoms with van der Waals surface area (Å²) < 4.78 is 12.3. The second-order valence-electron chi connectivity index (χ2n) is 8.70. The fraction of sp³-hybridized carbons (Fsp3) is 0.194. The van der Waals surface area contributed by atoms with Gasteiger partial charge in [-0.15, -0.1) is 0 Å². The highest BCUT2D eigenvalue weighted by Crippen LogP contribution is 2.36. The van der Waals surface area contributed by atoms with Gasteiger partial charge in [0.2, 0.25) is 0 Å². The zero-order valence-electron chi connectivity index (χ0n) is 20.2. The van der Waals surface area contributed by atoms with Crippen LogP contribution in [0.1, 0.15) is 34.2 Å². The van der Waals surface area contributed by atoms with Crippen molar-refractivity contribution in [3.05, 3.63) is 119 Å². The van der Waals surface area contributed by atoms with Crippen LogP contribution in [0.15, 0.2) is 91.0 Å². The summed E-state index contributed by atoms with van der Waals surface area (Å²) >= 11 is 0. The number of carbonyl (C=O) groups is 1. The molecular formula is C31H30O4. The summed E-state index contributed by atoms with van der Waals surface area (Å²) in [6.07, 6.45) is 0.638. The number of aryl methyl sites for hydroxylation is 3. The van der Waals surface area contributed by atoms with Crippen molar-refractivity contribution >= 4 is 5.97 Å². The van der Waals surface area contributed by atoms with Crippen molar-refractivity contribution in [1.29, 1.82) is 0 Å². The molecule has 4 heteroatoms. The minimum Gasteiger partial charge on any atom is -0.489 e. The lowest BCUT2D eigenvalue weighted by molar-refractivity contribution is -0.136. The molecule has 0 saturated heterocycles. The van der Waals surface area contributed by atoms with Crippen molar-refractivity contribution in [3.8, 4) is 22.6 Å². The molecule has 4 rings (SSSR count). The van der Waals surface area contributed by atoms with Gasteiger partial charge in [0.15, 0.2) is 0 Å². The van der Waals surface area contributed by atoms with E-state index in [0.29, 0.717) is 19.6 Å². The molecule has 0 fully saturated rings. The molecule has 0 atom stereocenters. The van der Waals surface area contributed by atoms with Gasteiger partial charge in [-0.2, -0.15) is 0 Å². The van der Waals surface area contributed by atoms with Gasteiger partial charge in [0, 0.05) is 12.0 Å². The number of carboxylic acid groups (broad SMARTS) is 1. The van der Waals surface area contributed by atoms with E-state index < -0.39 is 5.97 Å². The van der Waals surface area contributed by atoms with Crippen LogP contribution in [0.2, 0.25) is 0 Å². The van der Waals surface area contributed by atoms with Gasteiger partial charge in [-0.25, -0.2) is 0 Å². The predicted molar refractivity (Wildman–Crippen MR) is 139 cm³/mol. The first-order chi connectivity index (χ1) is 17.0. The quantitative estimate of drug-likeness (QED) is 0.270. The van der Waals surface area contributed by atoms with Gasteiger partial charge < -0.3 is 14.6 Å². The average Bonchev–Trinajstić information content (AvgIpc) is 2.87. The smallest absolute Gasteiger partial charge is 0.303 e. The standard InChI is InChI=1S/C31H30O4/c1-22-7-6-8-23(2)31(22)28-19-26(13-17-29(28)35-20-25-9-4-3-5-10-25)21-34-27-15-11-24(12-16-27)14-18-30(32)33/h3-13,15-17,19H,14,18,20-21H2,1-2H3,(H,32,33). The normalized spacial score (nSPS) is 10.7. The van der Waals surface area contributed by atoms with Crippen LogP contribution in [0.5, 0.6) is 11.5 Å². The molecule has 0 spiro atoms. The van der Waals surface area contributed by atoms with Crippen molar-refractivity contribution in [3.63, 3.8) is 0 Å². The molecule has 4 aromatic rings. The van der Waals surface area contributed by atoms with Crippen LogP contribution in [0.4, 0.5) is 0 Å². The van der Waals surface area contributed by atoms with E-state index in [0.717, 1.165) is 33.8 Å². The van der Waals surface area contributed by atoms with Crippen LogP contribution in [0.25, 0.3) is 11.1 Å². The van der Waals surface area contributed by atoms with Crippen LogP contribution < -0.4 is 9.47 Å². The zero-order chi connectivity index (χ0) is 24.6. The van der Waals surface area contributed by atoms with Crippen LogP contribution in [0, 0.1) is 13.8 Å². The summed E-state index contributed by atoms with van der Waals surface area (Å²) in [5.41, 5.74) is 7.79. The van der Waals surface area contributed by atoms with Gasteiger partial charge in [-0.1, -0.05) is 66.7 Å². The molecule has 0 aromatic heterocycles. The monoisotopic (exact) mass is 466 g/mol. The first-order valence-electron chi connectivity index (χ1n) is 11.8. The Balaban J connectivity index is 1.54. The van der Waals surface area contributed by atoms with Crippen molar-refractivity contribution in [2.45, 2.75) is 39.9 Å². The highest BCUT2D eigenvalue weighted by Gasteiger charge is 2.13. The zero-order valence-corrected chi connectivity index (χ0v) is 20.2. The Hall–Kier alpha value is -4.05. The summed E-state index contributed by atoms with van der Waals surface area (Å²) in [6, 6.07) is 30.3. The molecule has 0 aliphatic carbocycles. The van der Waals surface area contributed by atoms with Gasteiger partial charge in [-0.3, -0.25) is 4.79 Å². The van der Waals surface area contributed by atoms with Gasteiger partial charge in [0.1, 0.15) is 24.7 Å².